The van der Waals surface area contributed by atoms with Crippen LogP contribution in [0.1, 0.15) is 32.1 Å². The van der Waals surface area contributed by atoms with Gasteiger partial charge in [0.05, 0.1) is 6.10 Å². The third-order valence-corrected chi connectivity index (χ3v) is 2.26. The average Bonchev–Trinajstić information content (AvgIpc) is 2.06. The number of ether oxygens (including phenoxy) is 1. The predicted molar refractivity (Wildman–Crippen MR) is 49.1 cm³/mol. The molecule has 1 aliphatic rings. The molecule has 1 fully saturated rings. The highest BCUT2D eigenvalue weighted by Gasteiger charge is 2.14. The molecule has 0 saturated carbocycles. The normalized spacial score (nSPS) is 23.9. The molecule has 0 spiro atoms. The molecule has 1 aliphatic heterocycles. The van der Waals surface area contributed by atoms with Crippen LogP contribution in [0.25, 0.3) is 0 Å². The van der Waals surface area contributed by atoms with Crippen LogP contribution in [-0.2, 0) is 4.74 Å². The summed E-state index contributed by atoms with van der Waals surface area (Å²) < 4.78 is 5.55. The van der Waals surface area contributed by atoms with E-state index in [1.807, 2.05) is 0 Å². The highest BCUT2D eigenvalue weighted by Crippen LogP contribution is 2.19. The first-order valence-electron chi connectivity index (χ1n) is 4.72. The topological polar surface area (TPSA) is 29.5 Å². The summed E-state index contributed by atoms with van der Waals surface area (Å²) in [6, 6.07) is 0. The van der Waals surface area contributed by atoms with Gasteiger partial charge < -0.3 is 9.84 Å². The van der Waals surface area contributed by atoms with E-state index in [1.54, 1.807) is 0 Å². The Bertz CT molecular complexity index is 137. The molecule has 0 aliphatic carbocycles. The van der Waals surface area contributed by atoms with Crippen LogP contribution in [0.4, 0.5) is 0 Å². The predicted octanol–water partition coefficient (Wildman–Crippen LogP) is 1.88. The Balaban J connectivity index is 2.15. The van der Waals surface area contributed by atoms with Gasteiger partial charge in [-0.25, -0.2) is 0 Å². The lowest BCUT2D eigenvalue weighted by Gasteiger charge is -2.23. The van der Waals surface area contributed by atoms with Crippen molar-refractivity contribution in [3.63, 3.8) is 0 Å². The lowest BCUT2D eigenvalue weighted by Crippen LogP contribution is -2.19. The summed E-state index contributed by atoms with van der Waals surface area (Å²) in [7, 11) is 0. The van der Waals surface area contributed by atoms with Crippen molar-refractivity contribution in [2.24, 2.45) is 0 Å². The van der Waals surface area contributed by atoms with Crippen molar-refractivity contribution >= 4 is 0 Å². The summed E-state index contributed by atoms with van der Waals surface area (Å²) >= 11 is 0. The minimum Gasteiger partial charge on any atom is -0.396 e. The van der Waals surface area contributed by atoms with Crippen molar-refractivity contribution < 1.29 is 9.84 Å². The van der Waals surface area contributed by atoms with Gasteiger partial charge in [-0.1, -0.05) is 12.2 Å². The quantitative estimate of drug-likeness (QED) is 0.653. The minimum absolute atomic E-state index is 0.214. The van der Waals surface area contributed by atoms with E-state index in [0.29, 0.717) is 6.10 Å². The molecule has 0 radical (unpaired) electrons. The SMILES string of the molecule is C=C(CCO)CC1CCCCO1. The number of aliphatic hydroxyl groups is 1. The van der Waals surface area contributed by atoms with Crippen molar-refractivity contribution in [2.75, 3.05) is 13.2 Å². The van der Waals surface area contributed by atoms with Gasteiger partial charge in [-0.15, -0.1) is 0 Å². The van der Waals surface area contributed by atoms with E-state index in [9.17, 15) is 0 Å². The van der Waals surface area contributed by atoms with Crippen LogP contribution in [-0.4, -0.2) is 24.4 Å². The second kappa shape index (κ2) is 5.33. The molecule has 1 N–H and O–H groups in total. The van der Waals surface area contributed by atoms with Crippen LogP contribution < -0.4 is 0 Å². The van der Waals surface area contributed by atoms with Crippen molar-refractivity contribution in [3.8, 4) is 0 Å². The first-order chi connectivity index (χ1) is 5.83. The maximum atomic E-state index is 8.66. The molecule has 12 heavy (non-hydrogen) atoms. The Kier molecular flexibility index (Phi) is 4.33. The van der Waals surface area contributed by atoms with Gasteiger partial charge in [0.2, 0.25) is 0 Å². The number of aliphatic hydroxyl groups excluding tert-OH is 1. The lowest BCUT2D eigenvalue weighted by molar-refractivity contribution is 0.0162. The molecular formula is C10H18O2. The molecule has 0 bridgehead atoms. The third kappa shape index (κ3) is 3.37. The van der Waals surface area contributed by atoms with Crippen LogP contribution >= 0.6 is 0 Å². The van der Waals surface area contributed by atoms with Gasteiger partial charge in [0.25, 0.3) is 0 Å². The van der Waals surface area contributed by atoms with E-state index in [1.165, 1.54) is 12.8 Å². The Morgan fingerprint density at radius 2 is 2.33 bits per heavy atom. The van der Waals surface area contributed by atoms with Crippen molar-refractivity contribution in [1.29, 1.82) is 0 Å². The van der Waals surface area contributed by atoms with Crippen molar-refractivity contribution in [3.05, 3.63) is 12.2 Å². The Labute approximate surface area is 74.2 Å². The van der Waals surface area contributed by atoms with Gasteiger partial charge in [0.15, 0.2) is 0 Å². The summed E-state index contributed by atoms with van der Waals surface area (Å²) in [5.74, 6) is 0. The molecule has 1 rings (SSSR count). The van der Waals surface area contributed by atoms with Crippen LogP contribution in [0.15, 0.2) is 12.2 Å². The van der Waals surface area contributed by atoms with Crippen LogP contribution in [0, 0.1) is 0 Å². The van der Waals surface area contributed by atoms with Gasteiger partial charge in [-0.05, 0) is 32.1 Å². The zero-order valence-corrected chi connectivity index (χ0v) is 7.59. The highest BCUT2D eigenvalue weighted by molar-refractivity contribution is 4.96. The summed E-state index contributed by atoms with van der Waals surface area (Å²) in [4.78, 5) is 0. The fraction of sp³-hybridized carbons (Fsp3) is 0.800. The standard InChI is InChI=1S/C10H18O2/c1-9(5-6-11)8-10-4-2-3-7-12-10/h10-11H,1-8H2. The van der Waals surface area contributed by atoms with E-state index >= 15 is 0 Å². The monoisotopic (exact) mass is 170 g/mol. The Morgan fingerprint density at radius 1 is 1.50 bits per heavy atom. The second-order valence-electron chi connectivity index (χ2n) is 3.42. The molecule has 2 heteroatoms. The number of hydrogen-bond donors (Lipinski definition) is 1. The fourth-order valence-electron chi connectivity index (χ4n) is 1.55. The van der Waals surface area contributed by atoms with E-state index in [2.05, 4.69) is 6.58 Å². The summed E-state index contributed by atoms with van der Waals surface area (Å²) in [6.07, 6.45) is 5.66. The molecule has 70 valence electrons. The zero-order chi connectivity index (χ0) is 8.81. The Hall–Kier alpha value is -0.340. The maximum Gasteiger partial charge on any atom is 0.0612 e. The van der Waals surface area contributed by atoms with Crippen LogP contribution in [0.3, 0.4) is 0 Å². The summed E-state index contributed by atoms with van der Waals surface area (Å²) in [5, 5.41) is 8.66. The molecule has 1 unspecified atom stereocenters. The van der Waals surface area contributed by atoms with Crippen LogP contribution in [0.2, 0.25) is 0 Å². The first kappa shape index (κ1) is 9.75. The second-order valence-corrected chi connectivity index (χ2v) is 3.42. The molecule has 0 aromatic heterocycles. The minimum atomic E-state index is 0.214. The van der Waals surface area contributed by atoms with Gasteiger partial charge in [-0.3, -0.25) is 0 Å². The van der Waals surface area contributed by atoms with Crippen LogP contribution in [0.5, 0.6) is 0 Å². The van der Waals surface area contributed by atoms with Gasteiger partial charge >= 0.3 is 0 Å². The first-order valence-corrected chi connectivity index (χ1v) is 4.72. The average molecular weight is 170 g/mol. The van der Waals surface area contributed by atoms with Gasteiger partial charge in [-0.2, -0.15) is 0 Å². The summed E-state index contributed by atoms with van der Waals surface area (Å²) in [5.41, 5.74) is 1.12. The largest absolute Gasteiger partial charge is 0.396 e. The molecule has 1 saturated heterocycles. The van der Waals surface area contributed by atoms with Crippen molar-refractivity contribution in [2.45, 2.75) is 38.2 Å². The molecule has 0 amide bonds. The van der Waals surface area contributed by atoms with E-state index in [0.717, 1.165) is 31.4 Å². The number of rotatable bonds is 4. The van der Waals surface area contributed by atoms with Crippen molar-refractivity contribution in [1.82, 2.24) is 0 Å². The Morgan fingerprint density at radius 3 is 2.92 bits per heavy atom. The van der Waals surface area contributed by atoms with Gasteiger partial charge in [0.1, 0.15) is 0 Å². The van der Waals surface area contributed by atoms with E-state index in [-0.39, 0.29) is 6.61 Å². The molecule has 1 atom stereocenters. The molecule has 0 aromatic carbocycles. The molecule has 0 aromatic rings. The van der Waals surface area contributed by atoms with E-state index in [4.69, 9.17) is 9.84 Å². The fourth-order valence-corrected chi connectivity index (χ4v) is 1.55. The van der Waals surface area contributed by atoms with E-state index < -0.39 is 0 Å². The third-order valence-electron chi connectivity index (χ3n) is 2.26. The maximum absolute atomic E-state index is 8.66. The smallest absolute Gasteiger partial charge is 0.0612 e. The zero-order valence-electron chi connectivity index (χ0n) is 7.59. The lowest BCUT2D eigenvalue weighted by atomic mass is 10.0. The number of hydrogen-bond acceptors (Lipinski definition) is 2. The molecule has 1 heterocycles. The molecule has 2 nitrogen and oxygen atoms in total. The van der Waals surface area contributed by atoms with Gasteiger partial charge in [0, 0.05) is 13.2 Å². The summed E-state index contributed by atoms with van der Waals surface area (Å²) in [6.45, 7) is 5.01. The molecular weight excluding hydrogens is 152 g/mol. The highest BCUT2D eigenvalue weighted by atomic mass is 16.5.